The molecule has 128 valence electrons. The van der Waals surface area contributed by atoms with Crippen molar-refractivity contribution in [1.29, 1.82) is 0 Å². The van der Waals surface area contributed by atoms with Crippen molar-refractivity contribution < 1.29 is 24.5 Å². The number of carbonyl (C=O) groups is 2. The van der Waals surface area contributed by atoms with E-state index in [9.17, 15) is 14.7 Å². The fraction of sp³-hybridized carbons (Fsp3) is 0.611. The van der Waals surface area contributed by atoms with Gasteiger partial charge in [-0.25, -0.2) is 4.79 Å². The van der Waals surface area contributed by atoms with Crippen LogP contribution < -0.4 is 0 Å². The van der Waals surface area contributed by atoms with Crippen molar-refractivity contribution in [3.05, 3.63) is 30.0 Å². The van der Waals surface area contributed by atoms with Crippen LogP contribution in [0.3, 0.4) is 0 Å². The Bertz CT molecular complexity index is 488. The van der Waals surface area contributed by atoms with Crippen LogP contribution in [0.5, 0.6) is 0 Å². The van der Waals surface area contributed by atoms with E-state index in [2.05, 4.69) is 17.4 Å². The lowest BCUT2D eigenvalue weighted by atomic mass is 9.87. The lowest BCUT2D eigenvalue weighted by molar-refractivity contribution is -0.150. The maximum absolute atomic E-state index is 12.1. The molecule has 0 bridgehead atoms. The summed E-state index contributed by atoms with van der Waals surface area (Å²) in [5.41, 5.74) is 2.91. The number of methoxy groups -OCH3 is 1. The molecule has 1 saturated carbocycles. The molecule has 5 nitrogen and oxygen atoms in total. The highest BCUT2D eigenvalue weighted by Gasteiger charge is 2.37. The highest BCUT2D eigenvalue weighted by atomic mass is 16.5. The normalized spacial score (nSPS) is 25.2. The molecule has 0 aromatic carbocycles. The van der Waals surface area contributed by atoms with Gasteiger partial charge in [0.2, 0.25) is 0 Å². The molecule has 1 fully saturated rings. The molecule has 0 spiro atoms. The van der Waals surface area contributed by atoms with Gasteiger partial charge in [-0.2, -0.15) is 0 Å². The number of rotatable bonds is 8. The molecule has 5 heteroatoms. The summed E-state index contributed by atoms with van der Waals surface area (Å²) in [5, 5.41) is 18.3. The summed E-state index contributed by atoms with van der Waals surface area (Å²) in [6.45, 7) is 2.18. The first-order valence-corrected chi connectivity index (χ1v) is 7.96. The number of Topliss-reactive ketones (excluding diaryl/α,β-unsaturated/α-hetero) is 1. The molecule has 23 heavy (non-hydrogen) atoms. The summed E-state index contributed by atoms with van der Waals surface area (Å²) in [5.74, 6) is 0.0147. The molecule has 0 aliphatic heterocycles. The van der Waals surface area contributed by atoms with Gasteiger partial charge in [0.15, 0.2) is 6.10 Å². The third kappa shape index (κ3) is 6.14. The number of aliphatic hydroxyl groups is 2. The third-order valence-corrected chi connectivity index (χ3v) is 4.13. The Morgan fingerprint density at radius 1 is 1.48 bits per heavy atom. The summed E-state index contributed by atoms with van der Waals surface area (Å²) in [6.07, 6.45) is 8.04. The van der Waals surface area contributed by atoms with Crippen molar-refractivity contribution in [2.24, 2.45) is 17.8 Å². The first-order valence-electron chi connectivity index (χ1n) is 7.96. The molecule has 0 amide bonds. The fourth-order valence-corrected chi connectivity index (χ4v) is 2.85. The van der Waals surface area contributed by atoms with Gasteiger partial charge in [0, 0.05) is 25.4 Å². The van der Waals surface area contributed by atoms with Gasteiger partial charge in [-0.15, -0.1) is 5.73 Å². The summed E-state index contributed by atoms with van der Waals surface area (Å²) in [6, 6.07) is 0. The molecule has 0 aromatic heterocycles. The predicted octanol–water partition coefficient (Wildman–Crippen LogP) is 1.79. The van der Waals surface area contributed by atoms with Crippen molar-refractivity contribution in [2.75, 3.05) is 13.7 Å². The minimum atomic E-state index is -1.18. The van der Waals surface area contributed by atoms with Crippen molar-refractivity contribution in [3.63, 3.8) is 0 Å². The highest BCUT2D eigenvalue weighted by Crippen LogP contribution is 2.37. The molecular weight excluding hydrogens is 296 g/mol. The monoisotopic (exact) mass is 322 g/mol. The van der Waals surface area contributed by atoms with Crippen LogP contribution in [0.4, 0.5) is 0 Å². The van der Waals surface area contributed by atoms with E-state index in [1.54, 1.807) is 12.2 Å². The number of hydrogen-bond donors (Lipinski definition) is 2. The van der Waals surface area contributed by atoms with Crippen LogP contribution >= 0.6 is 0 Å². The zero-order valence-electron chi connectivity index (χ0n) is 13.8. The van der Waals surface area contributed by atoms with E-state index in [0.717, 1.165) is 0 Å². The quantitative estimate of drug-likeness (QED) is 0.404. The maximum atomic E-state index is 12.1. The first kappa shape index (κ1) is 19.4. The van der Waals surface area contributed by atoms with Gasteiger partial charge in [-0.1, -0.05) is 19.1 Å². The maximum Gasteiger partial charge on any atom is 0.335 e. The zero-order chi connectivity index (χ0) is 17.2. The summed E-state index contributed by atoms with van der Waals surface area (Å²) >= 11 is 0. The molecule has 0 heterocycles. The average molecular weight is 322 g/mol. The minimum Gasteiger partial charge on any atom is -0.467 e. The highest BCUT2D eigenvalue weighted by molar-refractivity contribution is 5.84. The van der Waals surface area contributed by atoms with E-state index in [1.165, 1.54) is 7.11 Å². The number of hydrogen-bond acceptors (Lipinski definition) is 5. The molecule has 0 saturated heterocycles. The second-order valence-corrected chi connectivity index (χ2v) is 5.86. The minimum absolute atomic E-state index is 0.0635. The number of carbonyl (C=O) groups excluding carboxylic acids is 2. The lowest BCUT2D eigenvalue weighted by Crippen LogP contribution is -2.20. The van der Waals surface area contributed by atoms with Gasteiger partial charge in [0.05, 0.1) is 7.11 Å². The molecule has 1 rings (SSSR count). The number of aliphatic hydroxyl groups excluding tert-OH is 2. The van der Waals surface area contributed by atoms with E-state index in [0.29, 0.717) is 25.2 Å². The second-order valence-electron chi connectivity index (χ2n) is 5.86. The van der Waals surface area contributed by atoms with Crippen LogP contribution in [0, 0.1) is 17.8 Å². The number of allylic oxidation sites excluding steroid dienone is 1. The zero-order valence-corrected chi connectivity index (χ0v) is 13.8. The first-order chi connectivity index (χ1) is 11.0. The van der Waals surface area contributed by atoms with E-state index in [4.69, 9.17) is 5.11 Å². The van der Waals surface area contributed by atoms with Gasteiger partial charge in [0.25, 0.3) is 0 Å². The van der Waals surface area contributed by atoms with Crippen LogP contribution in [0.15, 0.2) is 30.0 Å². The number of esters is 1. The van der Waals surface area contributed by atoms with Gasteiger partial charge in [-0.05, 0) is 36.8 Å². The van der Waals surface area contributed by atoms with E-state index >= 15 is 0 Å². The fourth-order valence-electron chi connectivity index (χ4n) is 2.85. The third-order valence-electron chi connectivity index (χ3n) is 4.13. The van der Waals surface area contributed by atoms with Crippen molar-refractivity contribution >= 4 is 11.8 Å². The summed E-state index contributed by atoms with van der Waals surface area (Å²) < 4.78 is 4.42. The molecular formula is C18H26O5. The Hall–Kier alpha value is -1.68. The average Bonchev–Trinajstić information content (AvgIpc) is 2.80. The predicted molar refractivity (Wildman–Crippen MR) is 86.5 cm³/mol. The Balaban J connectivity index is 2.57. The molecule has 1 unspecified atom stereocenters. The Kier molecular flexibility index (Phi) is 8.56. The molecule has 0 aromatic rings. The molecule has 4 atom stereocenters. The molecule has 1 aliphatic carbocycles. The van der Waals surface area contributed by atoms with Gasteiger partial charge >= 0.3 is 5.97 Å². The SMILES string of the molecule is COC(=O)C(O)CC=C=CC[C@H]1C(=O)C[C@@H](C)[C@@H]1/C=C/CCO. The van der Waals surface area contributed by atoms with E-state index in [1.807, 2.05) is 12.2 Å². The summed E-state index contributed by atoms with van der Waals surface area (Å²) in [7, 11) is 1.22. The number of ether oxygens (including phenoxy) is 1. The second kappa shape index (κ2) is 10.2. The van der Waals surface area contributed by atoms with Crippen LogP contribution in [0.2, 0.25) is 0 Å². The smallest absolute Gasteiger partial charge is 0.335 e. The van der Waals surface area contributed by atoms with Crippen LogP contribution in [-0.4, -0.2) is 41.8 Å². The van der Waals surface area contributed by atoms with Gasteiger partial charge in [0.1, 0.15) is 5.78 Å². The van der Waals surface area contributed by atoms with Crippen molar-refractivity contribution in [1.82, 2.24) is 0 Å². The van der Waals surface area contributed by atoms with E-state index < -0.39 is 12.1 Å². The molecule has 0 radical (unpaired) electrons. The van der Waals surface area contributed by atoms with Crippen molar-refractivity contribution in [3.8, 4) is 0 Å². The van der Waals surface area contributed by atoms with Gasteiger partial charge in [-0.3, -0.25) is 4.79 Å². The Morgan fingerprint density at radius 3 is 2.87 bits per heavy atom. The standard InChI is InChI=1S/C18H26O5/c1-13-12-17(21)15(14(13)8-6-7-11-19)9-4-3-5-10-16(20)18(22)23-2/h4-6,8,13-16,19-20H,7,9-12H2,1-2H3/b8-6+/t3?,13-,14+,15-,16?/m1/s1. The van der Waals surface area contributed by atoms with E-state index in [-0.39, 0.29) is 30.6 Å². The Morgan fingerprint density at radius 2 is 2.22 bits per heavy atom. The Labute approximate surface area is 137 Å². The van der Waals surface area contributed by atoms with Crippen LogP contribution in [0.25, 0.3) is 0 Å². The van der Waals surface area contributed by atoms with Crippen LogP contribution in [0.1, 0.15) is 32.6 Å². The number of ketones is 1. The topological polar surface area (TPSA) is 83.8 Å². The van der Waals surface area contributed by atoms with Crippen LogP contribution in [-0.2, 0) is 14.3 Å². The molecule has 1 aliphatic rings. The van der Waals surface area contributed by atoms with Crippen molar-refractivity contribution in [2.45, 2.75) is 38.7 Å². The lowest BCUT2D eigenvalue weighted by Gasteiger charge is -2.16. The largest absolute Gasteiger partial charge is 0.467 e. The molecule has 2 N–H and O–H groups in total. The van der Waals surface area contributed by atoms with Gasteiger partial charge < -0.3 is 14.9 Å². The summed E-state index contributed by atoms with van der Waals surface area (Å²) in [4.78, 5) is 23.1.